The lowest BCUT2D eigenvalue weighted by Gasteiger charge is -2.21. The van der Waals surface area contributed by atoms with Crippen LogP contribution >= 0.6 is 11.6 Å². The Morgan fingerprint density at radius 2 is 2.13 bits per heavy atom. The molecule has 0 saturated heterocycles. The molecule has 5 heteroatoms. The van der Waals surface area contributed by atoms with Gasteiger partial charge in [-0.2, -0.15) is 0 Å². The molecule has 0 saturated carbocycles. The summed E-state index contributed by atoms with van der Waals surface area (Å²) in [6.45, 7) is 5.89. The lowest BCUT2D eigenvalue weighted by atomic mass is 10.1. The summed E-state index contributed by atoms with van der Waals surface area (Å²) >= 11 is 5.69. The first-order valence-electron chi connectivity index (χ1n) is 4.46. The predicted molar refractivity (Wildman–Crippen MR) is 59.6 cm³/mol. The van der Waals surface area contributed by atoms with Crippen LogP contribution in [0, 0.1) is 0 Å². The molecular weight excluding hydrogens is 216 g/mol. The summed E-state index contributed by atoms with van der Waals surface area (Å²) in [5, 5.41) is 12.1. The summed E-state index contributed by atoms with van der Waals surface area (Å²) in [7, 11) is 0. The van der Waals surface area contributed by atoms with Gasteiger partial charge in [0, 0.05) is 11.7 Å². The monoisotopic (exact) mass is 228 g/mol. The standard InChI is InChI=1S/C10H13ClN2O2/c1-10(2,3)13-8-4-6(9(14)15)7(11)5-12-8/h4-5H,1-3H3,(H,12,13)(H,14,15). The van der Waals surface area contributed by atoms with Gasteiger partial charge in [-0.1, -0.05) is 11.6 Å². The average Bonchev–Trinajstić information content (AvgIpc) is 2.05. The molecule has 0 amide bonds. The number of rotatable bonds is 2. The molecule has 1 aromatic rings. The molecule has 0 aliphatic carbocycles. The molecule has 0 atom stereocenters. The van der Waals surface area contributed by atoms with Gasteiger partial charge in [-0.25, -0.2) is 9.78 Å². The van der Waals surface area contributed by atoms with Crippen molar-refractivity contribution < 1.29 is 9.90 Å². The third-order valence-corrected chi connectivity index (χ3v) is 1.89. The first-order chi connectivity index (χ1) is 6.79. The number of nitrogens with zero attached hydrogens (tertiary/aromatic N) is 1. The molecule has 82 valence electrons. The van der Waals surface area contributed by atoms with Crippen molar-refractivity contribution in [3.05, 3.63) is 22.8 Å². The summed E-state index contributed by atoms with van der Waals surface area (Å²) in [4.78, 5) is 14.8. The van der Waals surface area contributed by atoms with Crippen LogP contribution in [0.25, 0.3) is 0 Å². The average molecular weight is 229 g/mol. The van der Waals surface area contributed by atoms with Crippen LogP contribution in [0.3, 0.4) is 0 Å². The molecule has 0 spiro atoms. The van der Waals surface area contributed by atoms with Crippen molar-refractivity contribution >= 4 is 23.4 Å². The Balaban J connectivity index is 3.03. The van der Waals surface area contributed by atoms with Gasteiger partial charge in [-0.15, -0.1) is 0 Å². The number of halogens is 1. The van der Waals surface area contributed by atoms with Crippen LogP contribution in [-0.4, -0.2) is 21.6 Å². The minimum atomic E-state index is -1.06. The molecule has 0 aliphatic rings. The number of hydrogen-bond acceptors (Lipinski definition) is 3. The Kier molecular flexibility index (Phi) is 3.19. The number of aromatic carboxylic acids is 1. The lowest BCUT2D eigenvalue weighted by Crippen LogP contribution is -2.26. The summed E-state index contributed by atoms with van der Waals surface area (Å²) < 4.78 is 0. The zero-order valence-corrected chi connectivity index (χ0v) is 9.59. The van der Waals surface area contributed by atoms with Gasteiger partial charge in [0.1, 0.15) is 5.82 Å². The molecule has 0 aliphatic heterocycles. The van der Waals surface area contributed by atoms with Gasteiger partial charge in [0.25, 0.3) is 0 Å². The number of pyridine rings is 1. The van der Waals surface area contributed by atoms with E-state index in [0.29, 0.717) is 5.82 Å². The van der Waals surface area contributed by atoms with Crippen molar-refractivity contribution in [1.82, 2.24) is 4.98 Å². The highest BCUT2D eigenvalue weighted by molar-refractivity contribution is 6.33. The topological polar surface area (TPSA) is 62.2 Å². The van der Waals surface area contributed by atoms with E-state index in [1.165, 1.54) is 12.3 Å². The molecule has 1 heterocycles. The highest BCUT2D eigenvalue weighted by Gasteiger charge is 2.14. The number of nitrogens with one attached hydrogen (secondary N) is 1. The maximum atomic E-state index is 10.8. The van der Waals surface area contributed by atoms with E-state index >= 15 is 0 Å². The quantitative estimate of drug-likeness (QED) is 0.817. The van der Waals surface area contributed by atoms with Gasteiger partial charge in [-0.3, -0.25) is 0 Å². The normalized spacial score (nSPS) is 11.2. The zero-order valence-electron chi connectivity index (χ0n) is 8.84. The third-order valence-electron chi connectivity index (χ3n) is 1.59. The maximum Gasteiger partial charge on any atom is 0.337 e. The minimum absolute atomic E-state index is 0.0541. The number of carboxylic acid groups (broad SMARTS) is 1. The molecule has 0 bridgehead atoms. The number of carboxylic acids is 1. The minimum Gasteiger partial charge on any atom is -0.478 e. The second-order valence-electron chi connectivity index (χ2n) is 4.23. The maximum absolute atomic E-state index is 10.8. The van der Waals surface area contributed by atoms with Crippen LogP contribution in [0.2, 0.25) is 5.02 Å². The summed E-state index contributed by atoms with van der Waals surface area (Å²) in [5.74, 6) is -0.552. The van der Waals surface area contributed by atoms with E-state index in [4.69, 9.17) is 16.7 Å². The Labute approximate surface area is 93.3 Å². The summed E-state index contributed by atoms with van der Waals surface area (Å²) in [6.07, 6.45) is 1.33. The van der Waals surface area contributed by atoms with Crippen LogP contribution in [0.5, 0.6) is 0 Å². The predicted octanol–water partition coefficient (Wildman–Crippen LogP) is 2.64. The number of aromatic nitrogens is 1. The zero-order chi connectivity index (χ0) is 11.6. The first-order valence-corrected chi connectivity index (χ1v) is 4.84. The number of hydrogen-bond donors (Lipinski definition) is 2. The van der Waals surface area contributed by atoms with Crippen LogP contribution in [0.1, 0.15) is 31.1 Å². The second kappa shape index (κ2) is 4.06. The van der Waals surface area contributed by atoms with E-state index in [9.17, 15) is 4.79 Å². The third kappa shape index (κ3) is 3.40. The summed E-state index contributed by atoms with van der Waals surface area (Å²) in [5.41, 5.74) is -0.116. The largest absolute Gasteiger partial charge is 0.478 e. The number of anilines is 1. The highest BCUT2D eigenvalue weighted by Crippen LogP contribution is 2.20. The SMILES string of the molecule is CC(C)(C)Nc1cc(C(=O)O)c(Cl)cn1. The van der Waals surface area contributed by atoms with Crippen molar-refractivity contribution in [2.24, 2.45) is 0 Å². The van der Waals surface area contributed by atoms with Crippen molar-refractivity contribution in [3.8, 4) is 0 Å². The molecule has 1 rings (SSSR count). The fourth-order valence-electron chi connectivity index (χ4n) is 1.06. The van der Waals surface area contributed by atoms with Gasteiger partial charge in [-0.05, 0) is 26.8 Å². The summed E-state index contributed by atoms with van der Waals surface area (Å²) in [6, 6.07) is 1.43. The van der Waals surface area contributed by atoms with Crippen molar-refractivity contribution in [1.29, 1.82) is 0 Å². The van der Waals surface area contributed by atoms with Crippen LogP contribution in [-0.2, 0) is 0 Å². The van der Waals surface area contributed by atoms with Gasteiger partial charge in [0.2, 0.25) is 0 Å². The molecule has 0 aromatic carbocycles. The molecular formula is C10H13ClN2O2. The van der Waals surface area contributed by atoms with E-state index < -0.39 is 5.97 Å². The second-order valence-corrected chi connectivity index (χ2v) is 4.64. The van der Waals surface area contributed by atoms with Crippen molar-refractivity contribution in [2.45, 2.75) is 26.3 Å². The molecule has 15 heavy (non-hydrogen) atoms. The highest BCUT2D eigenvalue weighted by atomic mass is 35.5. The van der Waals surface area contributed by atoms with E-state index in [-0.39, 0.29) is 16.1 Å². The van der Waals surface area contributed by atoms with E-state index in [1.807, 2.05) is 20.8 Å². The van der Waals surface area contributed by atoms with E-state index in [1.54, 1.807) is 0 Å². The molecule has 0 fully saturated rings. The lowest BCUT2D eigenvalue weighted by molar-refractivity contribution is 0.0697. The number of carbonyl (C=O) groups is 1. The van der Waals surface area contributed by atoms with Gasteiger partial charge in [0.15, 0.2) is 0 Å². The van der Waals surface area contributed by atoms with E-state index in [2.05, 4.69) is 10.3 Å². The van der Waals surface area contributed by atoms with Crippen molar-refractivity contribution in [2.75, 3.05) is 5.32 Å². The molecule has 2 N–H and O–H groups in total. The van der Waals surface area contributed by atoms with Gasteiger partial charge < -0.3 is 10.4 Å². The first kappa shape index (κ1) is 11.8. The Hall–Kier alpha value is -1.29. The van der Waals surface area contributed by atoms with E-state index in [0.717, 1.165) is 0 Å². The van der Waals surface area contributed by atoms with Crippen LogP contribution in [0.4, 0.5) is 5.82 Å². The molecule has 0 unspecified atom stereocenters. The smallest absolute Gasteiger partial charge is 0.337 e. The van der Waals surface area contributed by atoms with Crippen molar-refractivity contribution in [3.63, 3.8) is 0 Å². The Morgan fingerprint density at radius 3 is 2.60 bits per heavy atom. The van der Waals surface area contributed by atoms with Gasteiger partial charge >= 0.3 is 5.97 Å². The van der Waals surface area contributed by atoms with Gasteiger partial charge in [0.05, 0.1) is 10.6 Å². The fraction of sp³-hybridized carbons (Fsp3) is 0.400. The molecule has 1 aromatic heterocycles. The van der Waals surface area contributed by atoms with Crippen LogP contribution in [0.15, 0.2) is 12.3 Å². The Bertz CT molecular complexity index is 385. The van der Waals surface area contributed by atoms with Crippen LogP contribution < -0.4 is 5.32 Å². The molecule has 4 nitrogen and oxygen atoms in total. The fourth-order valence-corrected chi connectivity index (χ4v) is 1.24. The molecule has 0 radical (unpaired) electrons. The Morgan fingerprint density at radius 1 is 1.53 bits per heavy atom.